The van der Waals surface area contributed by atoms with E-state index in [1.807, 2.05) is 55.5 Å². The molecule has 33 heavy (non-hydrogen) atoms. The van der Waals surface area contributed by atoms with Gasteiger partial charge in [-0.1, -0.05) is 47.1 Å². The van der Waals surface area contributed by atoms with Crippen molar-refractivity contribution in [2.45, 2.75) is 44.7 Å². The van der Waals surface area contributed by atoms with E-state index in [9.17, 15) is 9.59 Å². The maximum atomic E-state index is 13.2. The molecule has 0 bridgehead atoms. The summed E-state index contributed by atoms with van der Waals surface area (Å²) in [4.78, 5) is 31.9. The minimum Gasteiger partial charge on any atom is -0.497 e. The van der Waals surface area contributed by atoms with Crippen molar-refractivity contribution in [2.24, 2.45) is 5.92 Å². The van der Waals surface area contributed by atoms with Crippen LogP contribution in [0.15, 0.2) is 53.1 Å². The highest BCUT2D eigenvalue weighted by atomic mass is 16.5. The lowest BCUT2D eigenvalue weighted by Crippen LogP contribution is -2.60. The van der Waals surface area contributed by atoms with Gasteiger partial charge in [-0.15, -0.1) is 0 Å². The Balaban J connectivity index is 1.27. The lowest BCUT2D eigenvalue weighted by atomic mass is 9.76. The largest absolute Gasteiger partial charge is 0.497 e. The van der Waals surface area contributed by atoms with E-state index in [1.165, 1.54) is 10.5 Å². The van der Waals surface area contributed by atoms with E-state index in [4.69, 9.17) is 9.26 Å². The molecule has 1 aromatic heterocycles. The highest BCUT2D eigenvalue weighted by molar-refractivity contribution is 5.98. The van der Waals surface area contributed by atoms with Gasteiger partial charge in [0.05, 0.1) is 19.6 Å². The summed E-state index contributed by atoms with van der Waals surface area (Å²) in [6.45, 7) is 2.25. The monoisotopic (exact) mass is 446 g/mol. The van der Waals surface area contributed by atoms with Crippen LogP contribution in [0, 0.1) is 12.8 Å². The maximum Gasteiger partial charge on any atom is 0.324 e. The highest BCUT2D eigenvalue weighted by Crippen LogP contribution is 2.38. The predicted octanol–water partition coefficient (Wildman–Crippen LogP) is 4.06. The van der Waals surface area contributed by atoms with E-state index in [0.29, 0.717) is 30.3 Å². The normalized spacial score (nSPS) is 22.6. The van der Waals surface area contributed by atoms with Crippen LogP contribution >= 0.6 is 0 Å². The number of rotatable bonds is 5. The Morgan fingerprint density at radius 3 is 2.76 bits per heavy atom. The minimum atomic E-state index is -0.365. The number of amides is 3. The van der Waals surface area contributed by atoms with Crippen molar-refractivity contribution in [2.75, 3.05) is 7.11 Å². The standard InChI is InChI=1S/C25H26N4O4/c1-15-6-8-17(9-7-15)22-27-23(33-28-22)18-10-11-20-21(13-18)26-25(31)29(24(20)30)14-16-4-3-5-19(12-16)32-2/h3-9,12,18,20-21H,10-11,13-14H2,1-2H3,(H,26,31). The fourth-order valence-corrected chi connectivity index (χ4v) is 4.71. The second-order valence-electron chi connectivity index (χ2n) is 8.77. The summed E-state index contributed by atoms with van der Waals surface area (Å²) in [5.41, 5.74) is 2.91. The second-order valence-corrected chi connectivity index (χ2v) is 8.77. The molecule has 5 rings (SSSR count). The van der Waals surface area contributed by atoms with Gasteiger partial charge in [0.2, 0.25) is 17.6 Å². The maximum absolute atomic E-state index is 13.2. The van der Waals surface area contributed by atoms with Crippen LogP contribution in [0.5, 0.6) is 5.75 Å². The van der Waals surface area contributed by atoms with Crippen LogP contribution in [-0.4, -0.2) is 40.1 Å². The molecule has 2 fully saturated rings. The van der Waals surface area contributed by atoms with E-state index in [0.717, 1.165) is 17.5 Å². The molecule has 1 saturated heterocycles. The number of imide groups is 1. The quantitative estimate of drug-likeness (QED) is 0.635. The molecule has 8 nitrogen and oxygen atoms in total. The molecule has 0 radical (unpaired) electrons. The second kappa shape index (κ2) is 8.69. The molecule has 1 N–H and O–H groups in total. The number of hydrogen-bond acceptors (Lipinski definition) is 6. The third-order valence-electron chi connectivity index (χ3n) is 6.56. The van der Waals surface area contributed by atoms with E-state index in [-0.39, 0.29) is 36.4 Å². The number of methoxy groups -OCH3 is 1. The average molecular weight is 447 g/mol. The van der Waals surface area contributed by atoms with Crippen LogP contribution in [0.3, 0.4) is 0 Å². The first kappa shape index (κ1) is 21.2. The molecule has 3 amide bonds. The molecule has 2 aromatic carbocycles. The zero-order chi connectivity index (χ0) is 22.9. The third-order valence-corrected chi connectivity index (χ3v) is 6.56. The summed E-state index contributed by atoms with van der Waals surface area (Å²) >= 11 is 0. The number of aryl methyl sites for hydroxylation is 1. The lowest BCUT2D eigenvalue weighted by Gasteiger charge is -2.41. The predicted molar refractivity (Wildman–Crippen MR) is 120 cm³/mol. The van der Waals surface area contributed by atoms with Crippen molar-refractivity contribution in [1.82, 2.24) is 20.4 Å². The fraction of sp³-hybridized carbons (Fsp3) is 0.360. The molecule has 3 aromatic rings. The fourth-order valence-electron chi connectivity index (χ4n) is 4.71. The van der Waals surface area contributed by atoms with Gasteiger partial charge in [-0.2, -0.15) is 4.98 Å². The Kier molecular flexibility index (Phi) is 5.58. The van der Waals surface area contributed by atoms with E-state index >= 15 is 0 Å². The SMILES string of the molecule is COc1cccc(CN2C(=O)NC3CC(c4nc(-c5ccc(C)cc5)no4)CCC3C2=O)c1. The zero-order valence-corrected chi connectivity index (χ0v) is 18.7. The molecular formula is C25H26N4O4. The van der Waals surface area contributed by atoms with Crippen LogP contribution in [0.25, 0.3) is 11.4 Å². The number of nitrogens with zero attached hydrogens (tertiary/aromatic N) is 3. The molecule has 8 heteroatoms. The van der Waals surface area contributed by atoms with Crippen LogP contribution in [0.1, 0.15) is 42.2 Å². The van der Waals surface area contributed by atoms with Crippen molar-refractivity contribution in [3.63, 3.8) is 0 Å². The van der Waals surface area contributed by atoms with Gasteiger partial charge in [-0.3, -0.25) is 9.69 Å². The summed E-state index contributed by atoms with van der Waals surface area (Å²) in [5.74, 6) is 1.45. The van der Waals surface area contributed by atoms with Crippen LogP contribution in [0.2, 0.25) is 0 Å². The van der Waals surface area contributed by atoms with Crippen molar-refractivity contribution in [1.29, 1.82) is 0 Å². The first-order valence-corrected chi connectivity index (χ1v) is 11.2. The minimum absolute atomic E-state index is 0.0102. The Bertz CT molecular complexity index is 1170. The average Bonchev–Trinajstić information content (AvgIpc) is 3.32. The first-order chi connectivity index (χ1) is 16.0. The number of ether oxygens (including phenoxy) is 1. The Hall–Kier alpha value is -3.68. The van der Waals surface area contributed by atoms with Gasteiger partial charge in [-0.25, -0.2) is 4.79 Å². The first-order valence-electron chi connectivity index (χ1n) is 11.2. The van der Waals surface area contributed by atoms with Crippen LogP contribution < -0.4 is 10.1 Å². The molecule has 1 aliphatic heterocycles. The molecule has 0 spiro atoms. The number of urea groups is 1. The molecule has 3 unspecified atom stereocenters. The molecule has 2 aliphatic rings. The Morgan fingerprint density at radius 1 is 1.15 bits per heavy atom. The topological polar surface area (TPSA) is 97.6 Å². The summed E-state index contributed by atoms with van der Waals surface area (Å²) < 4.78 is 10.8. The van der Waals surface area contributed by atoms with Gasteiger partial charge < -0.3 is 14.6 Å². The smallest absolute Gasteiger partial charge is 0.324 e. The third kappa shape index (κ3) is 4.20. The molecular weight excluding hydrogens is 420 g/mol. The van der Waals surface area contributed by atoms with Gasteiger partial charge in [0.15, 0.2) is 0 Å². The van der Waals surface area contributed by atoms with Crippen molar-refractivity contribution in [3.05, 3.63) is 65.5 Å². The number of nitrogens with one attached hydrogen (secondary N) is 1. The van der Waals surface area contributed by atoms with Crippen molar-refractivity contribution < 1.29 is 18.8 Å². The van der Waals surface area contributed by atoms with Gasteiger partial charge in [0.1, 0.15) is 5.75 Å². The zero-order valence-electron chi connectivity index (χ0n) is 18.7. The Labute approximate surface area is 191 Å². The van der Waals surface area contributed by atoms with E-state index in [1.54, 1.807) is 7.11 Å². The number of carbonyl (C=O) groups excluding carboxylic acids is 2. The number of hydrogen-bond donors (Lipinski definition) is 1. The lowest BCUT2D eigenvalue weighted by molar-refractivity contribution is -0.137. The molecule has 2 heterocycles. The molecule has 1 aliphatic carbocycles. The molecule has 3 atom stereocenters. The summed E-state index contributed by atoms with van der Waals surface area (Å²) in [7, 11) is 1.59. The van der Waals surface area contributed by atoms with Gasteiger partial charge >= 0.3 is 6.03 Å². The van der Waals surface area contributed by atoms with Crippen molar-refractivity contribution in [3.8, 4) is 17.1 Å². The summed E-state index contributed by atoms with van der Waals surface area (Å²) in [6.07, 6.45) is 2.02. The van der Waals surface area contributed by atoms with Gasteiger partial charge in [-0.05, 0) is 43.9 Å². The summed E-state index contributed by atoms with van der Waals surface area (Å²) in [6, 6.07) is 14.8. The summed E-state index contributed by atoms with van der Waals surface area (Å²) in [5, 5.41) is 7.18. The van der Waals surface area contributed by atoms with E-state index < -0.39 is 0 Å². The van der Waals surface area contributed by atoms with Crippen molar-refractivity contribution >= 4 is 11.9 Å². The van der Waals surface area contributed by atoms with Crippen LogP contribution in [0.4, 0.5) is 4.79 Å². The van der Waals surface area contributed by atoms with E-state index in [2.05, 4.69) is 15.5 Å². The number of aromatic nitrogens is 2. The van der Waals surface area contributed by atoms with Gasteiger partial charge in [0.25, 0.3) is 0 Å². The van der Waals surface area contributed by atoms with Crippen LogP contribution in [-0.2, 0) is 11.3 Å². The number of benzene rings is 2. The highest BCUT2D eigenvalue weighted by Gasteiger charge is 2.45. The molecule has 170 valence electrons. The number of fused-ring (bicyclic) bond motifs is 1. The van der Waals surface area contributed by atoms with Gasteiger partial charge in [0, 0.05) is 17.5 Å². The number of carbonyl (C=O) groups is 2. The molecule has 1 saturated carbocycles. The Morgan fingerprint density at radius 2 is 1.97 bits per heavy atom.